The Morgan fingerprint density at radius 2 is 1.74 bits per heavy atom. The van der Waals surface area contributed by atoms with Crippen molar-refractivity contribution < 1.29 is 23.9 Å². The summed E-state index contributed by atoms with van der Waals surface area (Å²) < 4.78 is 10.5. The van der Waals surface area contributed by atoms with Crippen molar-refractivity contribution in [3.05, 3.63) is 35.9 Å². The number of guanidine groups is 1. The number of esters is 1. The average molecular weight is 478 g/mol. The number of hydrogen-bond donors (Lipinski definition) is 4. The van der Waals surface area contributed by atoms with E-state index < -0.39 is 17.7 Å². The zero-order chi connectivity index (χ0) is 25.4. The van der Waals surface area contributed by atoms with Crippen LogP contribution in [0.2, 0.25) is 0 Å². The summed E-state index contributed by atoms with van der Waals surface area (Å²) in [7, 11) is 0. The normalized spacial score (nSPS) is 11.7. The maximum Gasteiger partial charge on any atom is 0.408 e. The molecule has 10 heteroatoms. The van der Waals surface area contributed by atoms with Crippen LogP contribution in [0.1, 0.15) is 64.9 Å². The number of nitrogens with two attached hydrogens (primary N) is 2. The molecule has 0 aliphatic heterocycles. The van der Waals surface area contributed by atoms with Gasteiger partial charge >= 0.3 is 12.1 Å². The summed E-state index contributed by atoms with van der Waals surface area (Å²) in [6.45, 7) is 6.38. The Morgan fingerprint density at radius 3 is 2.38 bits per heavy atom. The molecule has 1 rings (SSSR count). The fourth-order valence-corrected chi connectivity index (χ4v) is 2.98. The summed E-state index contributed by atoms with van der Waals surface area (Å²) in [5, 5.41) is 5.45. The first kappa shape index (κ1) is 28.7. The van der Waals surface area contributed by atoms with Crippen LogP contribution in [0.25, 0.3) is 0 Å². The second-order valence-corrected chi connectivity index (χ2v) is 8.90. The van der Waals surface area contributed by atoms with Crippen LogP contribution in [-0.2, 0) is 25.7 Å². The first-order valence-electron chi connectivity index (χ1n) is 11.6. The van der Waals surface area contributed by atoms with Gasteiger partial charge in [-0.25, -0.2) is 4.79 Å². The van der Waals surface area contributed by atoms with Crippen LogP contribution in [0.3, 0.4) is 0 Å². The largest absolute Gasteiger partial charge is 0.460 e. The van der Waals surface area contributed by atoms with Crippen LogP contribution in [0, 0.1) is 0 Å². The van der Waals surface area contributed by atoms with Crippen molar-refractivity contribution in [2.75, 3.05) is 13.1 Å². The van der Waals surface area contributed by atoms with Gasteiger partial charge in [-0.15, -0.1) is 0 Å². The van der Waals surface area contributed by atoms with Crippen LogP contribution in [-0.4, -0.2) is 48.7 Å². The molecule has 0 fully saturated rings. The predicted molar refractivity (Wildman–Crippen MR) is 131 cm³/mol. The lowest BCUT2D eigenvalue weighted by Crippen LogP contribution is -2.47. The molecular weight excluding hydrogens is 438 g/mol. The molecule has 1 aromatic rings. The second-order valence-electron chi connectivity index (χ2n) is 8.90. The van der Waals surface area contributed by atoms with Gasteiger partial charge in [0.1, 0.15) is 18.2 Å². The molecule has 0 radical (unpaired) electrons. The van der Waals surface area contributed by atoms with E-state index in [0.29, 0.717) is 45.2 Å². The van der Waals surface area contributed by atoms with E-state index in [-0.39, 0.29) is 24.4 Å². The second kappa shape index (κ2) is 15.5. The summed E-state index contributed by atoms with van der Waals surface area (Å²) in [5.74, 6) is -0.563. The summed E-state index contributed by atoms with van der Waals surface area (Å²) in [6.07, 6.45) is 2.66. The highest BCUT2D eigenvalue weighted by molar-refractivity contribution is 5.85. The molecule has 1 atom stereocenters. The molecule has 0 saturated heterocycles. The molecule has 190 valence electrons. The van der Waals surface area contributed by atoms with Crippen LogP contribution >= 0.6 is 0 Å². The lowest BCUT2D eigenvalue weighted by atomic mass is 10.1. The molecule has 0 aliphatic rings. The minimum absolute atomic E-state index is 0.0254. The van der Waals surface area contributed by atoms with Crippen LogP contribution in [0.4, 0.5) is 4.79 Å². The maximum atomic E-state index is 12.6. The van der Waals surface area contributed by atoms with Crippen molar-refractivity contribution in [1.82, 2.24) is 10.6 Å². The average Bonchev–Trinajstić information content (AvgIpc) is 2.76. The minimum atomic E-state index is -0.778. The Hall–Kier alpha value is -3.30. The number of aliphatic imine (C=N–C) groups is 1. The van der Waals surface area contributed by atoms with Crippen LogP contribution in [0.15, 0.2) is 35.3 Å². The van der Waals surface area contributed by atoms with Crippen molar-refractivity contribution in [1.29, 1.82) is 0 Å². The molecule has 2 amide bonds. The monoisotopic (exact) mass is 477 g/mol. The lowest BCUT2D eigenvalue weighted by Gasteiger charge is -2.19. The quantitative estimate of drug-likeness (QED) is 0.139. The summed E-state index contributed by atoms with van der Waals surface area (Å²) in [5.41, 5.74) is 11.0. The summed E-state index contributed by atoms with van der Waals surface area (Å²) >= 11 is 0. The van der Waals surface area contributed by atoms with E-state index >= 15 is 0 Å². The Labute approximate surface area is 201 Å². The SMILES string of the molecule is CC(C)(C)OC(=O)CCCCCNC(=O)C(CCCN=C(N)N)NC(=O)OCc1ccccc1. The van der Waals surface area contributed by atoms with Crippen molar-refractivity contribution in [2.24, 2.45) is 16.5 Å². The lowest BCUT2D eigenvalue weighted by molar-refractivity contribution is -0.154. The van der Waals surface area contributed by atoms with Crippen molar-refractivity contribution >= 4 is 23.9 Å². The molecular formula is C24H39N5O5. The molecule has 0 saturated carbocycles. The van der Waals surface area contributed by atoms with Gasteiger partial charge in [0.25, 0.3) is 0 Å². The third-order valence-electron chi connectivity index (χ3n) is 4.54. The van der Waals surface area contributed by atoms with E-state index in [9.17, 15) is 14.4 Å². The van der Waals surface area contributed by atoms with Gasteiger partial charge in [-0.2, -0.15) is 0 Å². The molecule has 1 aromatic carbocycles. The smallest absolute Gasteiger partial charge is 0.408 e. The number of amides is 2. The molecule has 0 spiro atoms. The fraction of sp³-hybridized carbons (Fsp3) is 0.583. The van der Waals surface area contributed by atoms with Gasteiger partial charge in [0, 0.05) is 19.5 Å². The van der Waals surface area contributed by atoms with Crippen molar-refractivity contribution in [2.45, 2.75) is 77.5 Å². The van der Waals surface area contributed by atoms with E-state index in [2.05, 4.69) is 15.6 Å². The Kier molecular flexibility index (Phi) is 13.1. The fourth-order valence-electron chi connectivity index (χ4n) is 2.98. The van der Waals surface area contributed by atoms with E-state index in [1.165, 1.54) is 0 Å². The highest BCUT2D eigenvalue weighted by Crippen LogP contribution is 2.10. The zero-order valence-corrected chi connectivity index (χ0v) is 20.5. The molecule has 0 aromatic heterocycles. The Morgan fingerprint density at radius 1 is 1.03 bits per heavy atom. The number of carbonyl (C=O) groups excluding carboxylic acids is 3. The maximum absolute atomic E-state index is 12.6. The number of rotatable bonds is 14. The first-order valence-corrected chi connectivity index (χ1v) is 11.6. The molecule has 0 heterocycles. The van der Waals surface area contributed by atoms with Gasteiger partial charge in [0.15, 0.2) is 5.96 Å². The minimum Gasteiger partial charge on any atom is -0.460 e. The molecule has 1 unspecified atom stereocenters. The third-order valence-corrected chi connectivity index (χ3v) is 4.54. The molecule has 0 aliphatic carbocycles. The number of nitrogens with one attached hydrogen (secondary N) is 2. The number of carbonyl (C=O) groups is 3. The van der Waals surface area contributed by atoms with E-state index in [1.807, 2.05) is 51.1 Å². The highest BCUT2D eigenvalue weighted by atomic mass is 16.6. The Balaban J connectivity index is 2.42. The highest BCUT2D eigenvalue weighted by Gasteiger charge is 2.21. The number of hydrogen-bond acceptors (Lipinski definition) is 6. The standard InChI is InChI=1S/C24H39N5O5/c1-24(2,3)34-20(30)14-8-5-9-15-27-21(31)19(13-10-16-28-22(25)26)29-23(32)33-17-18-11-6-4-7-12-18/h4,6-7,11-12,19H,5,8-10,13-17H2,1-3H3,(H,27,31)(H,29,32)(H4,25,26,28). The predicted octanol–water partition coefficient (Wildman–Crippen LogP) is 2.35. The van der Waals surface area contributed by atoms with Gasteiger partial charge in [-0.3, -0.25) is 14.6 Å². The van der Waals surface area contributed by atoms with Gasteiger partial charge in [0.05, 0.1) is 0 Å². The van der Waals surface area contributed by atoms with Crippen LogP contribution < -0.4 is 22.1 Å². The summed E-state index contributed by atoms with van der Waals surface area (Å²) in [4.78, 5) is 40.5. The van der Waals surface area contributed by atoms with Gasteiger partial charge in [-0.1, -0.05) is 36.8 Å². The van der Waals surface area contributed by atoms with Gasteiger partial charge in [0.2, 0.25) is 5.91 Å². The summed E-state index contributed by atoms with van der Waals surface area (Å²) in [6, 6.07) is 8.48. The number of nitrogens with zero attached hydrogens (tertiary/aromatic N) is 1. The van der Waals surface area contributed by atoms with Gasteiger partial charge in [-0.05, 0) is 52.0 Å². The van der Waals surface area contributed by atoms with Crippen molar-refractivity contribution in [3.63, 3.8) is 0 Å². The zero-order valence-electron chi connectivity index (χ0n) is 20.5. The van der Waals surface area contributed by atoms with Crippen LogP contribution in [0.5, 0.6) is 0 Å². The Bertz CT molecular complexity index is 789. The number of unbranched alkanes of at least 4 members (excludes halogenated alkanes) is 2. The van der Waals surface area contributed by atoms with E-state index in [0.717, 1.165) is 12.0 Å². The number of benzene rings is 1. The van der Waals surface area contributed by atoms with Gasteiger partial charge < -0.3 is 31.6 Å². The van der Waals surface area contributed by atoms with Crippen molar-refractivity contribution in [3.8, 4) is 0 Å². The number of ether oxygens (including phenoxy) is 2. The topological polar surface area (TPSA) is 158 Å². The van der Waals surface area contributed by atoms with E-state index in [4.69, 9.17) is 20.9 Å². The third kappa shape index (κ3) is 14.7. The molecule has 10 nitrogen and oxygen atoms in total. The van der Waals surface area contributed by atoms with E-state index in [1.54, 1.807) is 0 Å². The molecule has 6 N–H and O–H groups in total. The first-order chi connectivity index (χ1) is 16.1. The molecule has 34 heavy (non-hydrogen) atoms. The number of alkyl carbamates (subject to hydrolysis) is 1. The molecule has 0 bridgehead atoms.